The Bertz CT molecular complexity index is 883. The first-order valence-electron chi connectivity index (χ1n) is 7.63. The summed E-state index contributed by atoms with van der Waals surface area (Å²) in [6, 6.07) is 8.87. The predicted octanol–water partition coefficient (Wildman–Crippen LogP) is 3.61. The van der Waals surface area contributed by atoms with Crippen LogP contribution < -0.4 is 4.90 Å². The van der Waals surface area contributed by atoms with Crippen molar-refractivity contribution in [1.29, 1.82) is 0 Å². The van der Waals surface area contributed by atoms with Crippen molar-refractivity contribution in [3.63, 3.8) is 0 Å². The number of hydrogen-bond donors (Lipinski definition) is 1. The fourth-order valence-corrected chi connectivity index (χ4v) is 3.93. The van der Waals surface area contributed by atoms with Gasteiger partial charge in [-0.15, -0.1) is 0 Å². The van der Waals surface area contributed by atoms with Crippen LogP contribution in [0.4, 0.5) is 10.1 Å². The molecule has 0 saturated carbocycles. The van der Waals surface area contributed by atoms with Crippen molar-refractivity contribution in [2.24, 2.45) is 0 Å². The minimum Gasteiger partial charge on any atom is -0.465 e. The summed E-state index contributed by atoms with van der Waals surface area (Å²) in [6.07, 6.45) is 0. The second-order valence-electron chi connectivity index (χ2n) is 5.85. The van der Waals surface area contributed by atoms with Crippen molar-refractivity contribution >= 4 is 40.9 Å². The molecule has 0 spiro atoms. The molecule has 1 aliphatic heterocycles. The molecule has 3 rings (SSSR count). The number of amides is 1. The Morgan fingerprint density at radius 1 is 1.38 bits per heavy atom. The Morgan fingerprint density at radius 3 is 2.77 bits per heavy atom. The zero-order chi connectivity index (χ0) is 19.1. The van der Waals surface area contributed by atoms with Gasteiger partial charge in [-0.3, -0.25) is 4.79 Å². The smallest absolute Gasteiger partial charge is 0.337 e. The van der Waals surface area contributed by atoms with Gasteiger partial charge in [-0.25, -0.2) is 9.18 Å². The van der Waals surface area contributed by atoms with Crippen molar-refractivity contribution in [2.45, 2.75) is 23.3 Å². The van der Waals surface area contributed by atoms with E-state index in [0.717, 1.165) is 11.8 Å². The molecule has 0 aromatic heterocycles. The molecule has 1 aliphatic rings. The first kappa shape index (κ1) is 18.7. The van der Waals surface area contributed by atoms with Crippen LogP contribution in [-0.2, 0) is 16.1 Å². The molecular weight excluding hydrogens is 381 g/mol. The van der Waals surface area contributed by atoms with Crippen LogP contribution in [0.25, 0.3) is 0 Å². The summed E-state index contributed by atoms with van der Waals surface area (Å²) in [6.45, 7) is 1.19. The Morgan fingerprint density at radius 2 is 2.12 bits per heavy atom. The Kier molecular flexibility index (Phi) is 4.96. The number of halogens is 2. The molecule has 8 heteroatoms. The lowest BCUT2D eigenvalue weighted by molar-refractivity contribution is -0.128. The number of benzene rings is 2. The molecule has 5 nitrogen and oxygen atoms in total. The molecule has 1 heterocycles. The number of esters is 1. The van der Waals surface area contributed by atoms with Crippen molar-refractivity contribution in [3.05, 3.63) is 58.4 Å². The van der Waals surface area contributed by atoms with E-state index in [1.807, 2.05) is 0 Å². The zero-order valence-electron chi connectivity index (χ0n) is 14.0. The third-order valence-corrected chi connectivity index (χ3v) is 5.49. The minimum absolute atomic E-state index is 0.125. The van der Waals surface area contributed by atoms with Crippen molar-refractivity contribution in [1.82, 2.24) is 0 Å². The van der Waals surface area contributed by atoms with Crippen LogP contribution in [0.15, 0.2) is 41.3 Å². The van der Waals surface area contributed by atoms with Crippen LogP contribution in [0.2, 0.25) is 5.02 Å². The molecule has 1 amide bonds. The highest BCUT2D eigenvalue weighted by Gasteiger charge is 2.42. The zero-order valence-corrected chi connectivity index (χ0v) is 15.5. The number of rotatable bonds is 3. The van der Waals surface area contributed by atoms with Crippen molar-refractivity contribution < 1.29 is 23.8 Å². The molecule has 1 unspecified atom stereocenters. The molecule has 1 atom stereocenters. The Hall–Kier alpha value is -2.09. The normalized spacial score (nSPS) is 19.3. The second kappa shape index (κ2) is 6.90. The lowest BCUT2D eigenvalue weighted by Crippen LogP contribution is -2.48. The molecule has 2 aromatic carbocycles. The molecule has 136 valence electrons. The molecule has 0 aliphatic carbocycles. The highest BCUT2D eigenvalue weighted by atomic mass is 35.5. The maximum atomic E-state index is 14.2. The molecule has 0 radical (unpaired) electrons. The average Bonchev–Trinajstić information content (AvgIpc) is 2.60. The molecule has 26 heavy (non-hydrogen) atoms. The SMILES string of the molecule is COC(=O)c1ccc2c(c1)N(Cc1c(F)cccc1Cl)C(=O)C(C)(O)S2. The lowest BCUT2D eigenvalue weighted by Gasteiger charge is -2.37. The number of carbonyl (C=O) groups excluding carboxylic acids is 2. The number of fused-ring (bicyclic) bond motifs is 1. The van der Waals surface area contributed by atoms with Gasteiger partial charge in [0.1, 0.15) is 5.82 Å². The van der Waals surface area contributed by atoms with Crippen LogP contribution in [0.1, 0.15) is 22.8 Å². The number of ether oxygens (including phenoxy) is 1. The summed E-state index contributed by atoms with van der Waals surface area (Å²) in [5.41, 5.74) is 0.749. The molecule has 0 bridgehead atoms. The summed E-state index contributed by atoms with van der Waals surface area (Å²) >= 11 is 7.04. The number of nitrogens with zero attached hydrogens (tertiary/aromatic N) is 1. The van der Waals surface area contributed by atoms with Gasteiger partial charge in [-0.1, -0.05) is 29.4 Å². The van der Waals surface area contributed by atoms with Crippen LogP contribution in [0.3, 0.4) is 0 Å². The quantitative estimate of drug-likeness (QED) is 0.804. The number of carbonyl (C=O) groups is 2. The third-order valence-electron chi connectivity index (χ3n) is 4.00. The van der Waals surface area contributed by atoms with Crippen LogP contribution in [0, 0.1) is 5.82 Å². The number of aliphatic hydroxyl groups is 1. The summed E-state index contributed by atoms with van der Waals surface area (Å²) in [5.74, 6) is -1.75. The van der Waals surface area contributed by atoms with E-state index < -0.39 is 22.6 Å². The molecular formula is C18H15ClFNO4S. The average molecular weight is 396 g/mol. The summed E-state index contributed by atoms with van der Waals surface area (Å²) in [5, 5.41) is 10.6. The molecule has 0 saturated heterocycles. The molecule has 0 fully saturated rings. The Balaban J connectivity index is 2.11. The van der Waals surface area contributed by atoms with Crippen molar-refractivity contribution in [2.75, 3.05) is 12.0 Å². The molecule has 2 aromatic rings. The van der Waals surface area contributed by atoms with E-state index in [2.05, 4.69) is 0 Å². The van der Waals surface area contributed by atoms with E-state index in [9.17, 15) is 19.1 Å². The van der Waals surface area contributed by atoms with E-state index in [1.165, 1.54) is 49.3 Å². The van der Waals surface area contributed by atoms with Crippen molar-refractivity contribution in [3.8, 4) is 0 Å². The fraction of sp³-hybridized carbons (Fsp3) is 0.222. The van der Waals surface area contributed by atoms with Gasteiger partial charge in [0.05, 0.1) is 24.9 Å². The van der Waals surface area contributed by atoms with Gasteiger partial charge < -0.3 is 14.7 Å². The minimum atomic E-state index is -1.72. The van der Waals surface area contributed by atoms with Gasteiger partial charge in [0.2, 0.25) is 0 Å². The summed E-state index contributed by atoms with van der Waals surface area (Å²) < 4.78 is 18.9. The topological polar surface area (TPSA) is 66.8 Å². The van der Waals surface area contributed by atoms with Gasteiger partial charge in [0, 0.05) is 15.5 Å². The van der Waals surface area contributed by atoms with Gasteiger partial charge in [-0.2, -0.15) is 0 Å². The van der Waals surface area contributed by atoms with Gasteiger partial charge in [-0.05, 0) is 37.3 Å². The van der Waals surface area contributed by atoms with Gasteiger partial charge in [0.15, 0.2) is 4.93 Å². The number of thioether (sulfide) groups is 1. The van der Waals surface area contributed by atoms with E-state index in [1.54, 1.807) is 6.07 Å². The van der Waals surface area contributed by atoms with Crippen LogP contribution in [0.5, 0.6) is 0 Å². The predicted molar refractivity (Wildman–Crippen MR) is 96.9 cm³/mol. The van der Waals surface area contributed by atoms with E-state index >= 15 is 0 Å². The number of methoxy groups -OCH3 is 1. The first-order chi connectivity index (χ1) is 12.2. The first-order valence-corrected chi connectivity index (χ1v) is 8.82. The third kappa shape index (κ3) is 3.30. The maximum absolute atomic E-state index is 14.2. The van der Waals surface area contributed by atoms with Gasteiger partial charge in [0.25, 0.3) is 5.91 Å². The summed E-state index contributed by atoms with van der Waals surface area (Å²) in [4.78, 5) is 24.7. The Labute approximate surface area is 158 Å². The van der Waals surface area contributed by atoms with Crippen LogP contribution in [-0.4, -0.2) is 29.0 Å². The standard InChI is InChI=1S/C18H15ClFNO4S/c1-18(24)17(23)21(9-11-12(19)4-3-5-13(11)20)14-8-10(16(22)25-2)6-7-15(14)26-18/h3-8,24H,9H2,1-2H3. The largest absolute Gasteiger partial charge is 0.465 e. The lowest BCUT2D eigenvalue weighted by atomic mass is 10.1. The monoisotopic (exact) mass is 395 g/mol. The van der Waals surface area contributed by atoms with E-state index in [-0.39, 0.29) is 22.7 Å². The number of anilines is 1. The van der Waals surface area contributed by atoms with E-state index in [0.29, 0.717) is 10.6 Å². The maximum Gasteiger partial charge on any atom is 0.337 e. The second-order valence-corrected chi connectivity index (χ2v) is 7.70. The van der Waals surface area contributed by atoms with Crippen LogP contribution >= 0.6 is 23.4 Å². The highest BCUT2D eigenvalue weighted by molar-refractivity contribution is 8.01. The molecule has 1 N–H and O–H groups in total. The number of hydrogen-bond acceptors (Lipinski definition) is 5. The van der Waals surface area contributed by atoms with E-state index in [4.69, 9.17) is 16.3 Å². The summed E-state index contributed by atoms with van der Waals surface area (Å²) in [7, 11) is 1.25. The highest BCUT2D eigenvalue weighted by Crippen LogP contribution is 2.45. The fourth-order valence-electron chi connectivity index (χ4n) is 2.68. The van der Waals surface area contributed by atoms with Gasteiger partial charge >= 0.3 is 5.97 Å².